The number of hydrogen-bond acceptors (Lipinski definition) is 3. The third kappa shape index (κ3) is 3.68. The lowest BCUT2D eigenvalue weighted by Gasteiger charge is -2.09. The van der Waals surface area contributed by atoms with Crippen molar-refractivity contribution in [3.63, 3.8) is 0 Å². The second-order valence-corrected chi connectivity index (χ2v) is 5.65. The highest BCUT2D eigenvalue weighted by Gasteiger charge is 2.05. The van der Waals surface area contributed by atoms with Gasteiger partial charge >= 0.3 is 0 Å². The maximum absolute atomic E-state index is 13.2. The zero-order valence-corrected chi connectivity index (χ0v) is 13.9. The fraction of sp³-hybridized carbons (Fsp3) is 0.263. The molecule has 0 aliphatic rings. The van der Waals surface area contributed by atoms with Crippen molar-refractivity contribution in [2.24, 2.45) is 0 Å². The first kappa shape index (κ1) is 16.3. The number of benzene rings is 2. The van der Waals surface area contributed by atoms with Crippen molar-refractivity contribution in [1.29, 1.82) is 0 Å². The Hall–Kier alpha value is -2.53. The quantitative estimate of drug-likeness (QED) is 0.651. The number of methoxy groups -OCH3 is 2. The minimum absolute atomic E-state index is 0.221. The lowest BCUT2D eigenvalue weighted by atomic mass is 10.1. The number of nitrogens with one attached hydrogen (secondary N) is 2. The van der Waals surface area contributed by atoms with E-state index in [1.165, 1.54) is 17.7 Å². The molecule has 0 amide bonds. The molecule has 1 heterocycles. The summed E-state index contributed by atoms with van der Waals surface area (Å²) in [5.41, 5.74) is 3.12. The van der Waals surface area contributed by atoms with Crippen molar-refractivity contribution < 1.29 is 13.9 Å². The molecule has 0 aliphatic heterocycles. The molecule has 0 aliphatic carbocycles. The molecular weight excluding hydrogens is 307 g/mol. The van der Waals surface area contributed by atoms with E-state index in [4.69, 9.17) is 9.47 Å². The number of aromatic nitrogens is 1. The molecular formula is C19H21FN2O2. The number of hydrogen-bond donors (Lipinski definition) is 2. The fourth-order valence-electron chi connectivity index (χ4n) is 2.79. The first-order valence-electron chi connectivity index (χ1n) is 7.88. The predicted octanol–water partition coefficient (Wildman–Crippen LogP) is 3.66. The predicted molar refractivity (Wildman–Crippen MR) is 93.2 cm³/mol. The van der Waals surface area contributed by atoms with Crippen LogP contribution in [0.4, 0.5) is 4.39 Å². The highest BCUT2D eigenvalue weighted by atomic mass is 19.1. The van der Waals surface area contributed by atoms with Crippen molar-refractivity contribution >= 4 is 10.9 Å². The number of fused-ring (bicyclic) bond motifs is 1. The standard InChI is InChI=1S/C19H21FN2O2/c1-23-16-7-13(8-17(10-16)24-2)11-21-6-5-14-12-22-19-9-15(20)3-4-18(14)19/h3-4,7-10,12,21-22H,5-6,11H2,1-2H3. The lowest BCUT2D eigenvalue weighted by molar-refractivity contribution is 0.393. The summed E-state index contributed by atoms with van der Waals surface area (Å²) in [7, 11) is 3.29. The third-order valence-corrected chi connectivity index (χ3v) is 4.04. The first-order valence-corrected chi connectivity index (χ1v) is 7.88. The Morgan fingerprint density at radius 2 is 1.79 bits per heavy atom. The smallest absolute Gasteiger partial charge is 0.125 e. The highest BCUT2D eigenvalue weighted by molar-refractivity contribution is 5.83. The molecule has 2 N–H and O–H groups in total. The summed E-state index contributed by atoms with van der Waals surface area (Å²) in [5, 5.41) is 4.49. The summed E-state index contributed by atoms with van der Waals surface area (Å²) in [6.45, 7) is 1.55. The van der Waals surface area contributed by atoms with Gasteiger partial charge in [-0.2, -0.15) is 0 Å². The van der Waals surface area contributed by atoms with Crippen molar-refractivity contribution in [2.45, 2.75) is 13.0 Å². The van der Waals surface area contributed by atoms with Crippen LogP contribution >= 0.6 is 0 Å². The zero-order valence-electron chi connectivity index (χ0n) is 13.9. The number of aromatic amines is 1. The van der Waals surface area contributed by atoms with Gasteiger partial charge in [0.15, 0.2) is 0 Å². The minimum Gasteiger partial charge on any atom is -0.497 e. The molecule has 0 atom stereocenters. The van der Waals surface area contributed by atoms with Crippen molar-refractivity contribution in [1.82, 2.24) is 10.3 Å². The van der Waals surface area contributed by atoms with E-state index in [2.05, 4.69) is 10.3 Å². The van der Waals surface area contributed by atoms with Gasteiger partial charge in [0.1, 0.15) is 17.3 Å². The van der Waals surface area contributed by atoms with E-state index in [-0.39, 0.29) is 5.82 Å². The summed E-state index contributed by atoms with van der Waals surface area (Å²) >= 11 is 0. The van der Waals surface area contributed by atoms with Crippen LogP contribution in [0.2, 0.25) is 0 Å². The zero-order chi connectivity index (χ0) is 16.9. The Labute approximate surface area is 140 Å². The fourth-order valence-corrected chi connectivity index (χ4v) is 2.79. The summed E-state index contributed by atoms with van der Waals surface area (Å²) < 4.78 is 23.8. The molecule has 0 bridgehead atoms. The Kier molecular flexibility index (Phi) is 5.01. The van der Waals surface area contributed by atoms with E-state index in [1.54, 1.807) is 14.2 Å². The molecule has 3 rings (SSSR count). The average Bonchev–Trinajstić information content (AvgIpc) is 3.00. The van der Waals surface area contributed by atoms with Crippen LogP contribution < -0.4 is 14.8 Å². The Balaban J connectivity index is 1.58. The monoisotopic (exact) mass is 328 g/mol. The van der Waals surface area contributed by atoms with Gasteiger partial charge in [-0.15, -0.1) is 0 Å². The van der Waals surface area contributed by atoms with Crippen LogP contribution in [-0.4, -0.2) is 25.7 Å². The SMILES string of the molecule is COc1cc(CNCCc2c[nH]c3cc(F)ccc23)cc(OC)c1. The van der Waals surface area contributed by atoms with E-state index in [0.29, 0.717) is 0 Å². The van der Waals surface area contributed by atoms with Gasteiger partial charge < -0.3 is 19.8 Å². The van der Waals surface area contributed by atoms with Gasteiger partial charge in [0.2, 0.25) is 0 Å². The summed E-state index contributed by atoms with van der Waals surface area (Å²) in [6, 6.07) is 10.7. The van der Waals surface area contributed by atoms with Crippen LogP contribution in [0.3, 0.4) is 0 Å². The Bertz CT molecular complexity index is 807. The average molecular weight is 328 g/mol. The van der Waals surface area contributed by atoms with E-state index in [9.17, 15) is 4.39 Å². The first-order chi connectivity index (χ1) is 11.7. The molecule has 2 aromatic carbocycles. The molecule has 0 unspecified atom stereocenters. The summed E-state index contributed by atoms with van der Waals surface area (Å²) in [5.74, 6) is 1.34. The van der Waals surface area contributed by atoms with Crippen LogP contribution in [0.5, 0.6) is 11.5 Å². The second-order valence-electron chi connectivity index (χ2n) is 5.65. The van der Waals surface area contributed by atoms with Crippen LogP contribution in [0, 0.1) is 5.82 Å². The molecule has 126 valence electrons. The van der Waals surface area contributed by atoms with Gasteiger partial charge in [-0.1, -0.05) is 0 Å². The maximum Gasteiger partial charge on any atom is 0.125 e. The van der Waals surface area contributed by atoms with Crippen molar-refractivity contribution in [3.8, 4) is 11.5 Å². The van der Waals surface area contributed by atoms with Crippen LogP contribution in [0.1, 0.15) is 11.1 Å². The van der Waals surface area contributed by atoms with Gasteiger partial charge in [-0.25, -0.2) is 4.39 Å². The Morgan fingerprint density at radius 1 is 1.04 bits per heavy atom. The number of rotatable bonds is 7. The number of H-pyrrole nitrogens is 1. The van der Waals surface area contributed by atoms with Crippen LogP contribution in [0.25, 0.3) is 10.9 Å². The van der Waals surface area contributed by atoms with Gasteiger partial charge in [-0.3, -0.25) is 0 Å². The maximum atomic E-state index is 13.2. The third-order valence-electron chi connectivity index (χ3n) is 4.04. The second kappa shape index (κ2) is 7.36. The van der Waals surface area contributed by atoms with Crippen LogP contribution in [0.15, 0.2) is 42.6 Å². The number of halogens is 1. The van der Waals surface area contributed by atoms with Gasteiger partial charge in [0, 0.05) is 29.7 Å². The highest BCUT2D eigenvalue weighted by Crippen LogP contribution is 2.22. The molecule has 0 radical (unpaired) electrons. The van der Waals surface area contributed by atoms with Gasteiger partial charge in [0.25, 0.3) is 0 Å². The lowest BCUT2D eigenvalue weighted by Crippen LogP contribution is -2.16. The molecule has 5 heteroatoms. The molecule has 0 spiro atoms. The van der Waals surface area contributed by atoms with E-state index >= 15 is 0 Å². The topological polar surface area (TPSA) is 46.3 Å². The van der Waals surface area contributed by atoms with Crippen molar-refractivity contribution in [2.75, 3.05) is 20.8 Å². The van der Waals surface area contributed by atoms with Gasteiger partial charge in [-0.05, 0) is 54.4 Å². The summed E-state index contributed by atoms with van der Waals surface area (Å²) in [6.07, 6.45) is 2.81. The molecule has 24 heavy (non-hydrogen) atoms. The largest absolute Gasteiger partial charge is 0.497 e. The van der Waals surface area contributed by atoms with E-state index in [1.807, 2.05) is 30.5 Å². The molecule has 4 nitrogen and oxygen atoms in total. The molecule has 0 fully saturated rings. The Morgan fingerprint density at radius 3 is 2.50 bits per heavy atom. The van der Waals surface area contributed by atoms with E-state index < -0.39 is 0 Å². The van der Waals surface area contributed by atoms with E-state index in [0.717, 1.165) is 47.5 Å². The molecule has 0 saturated heterocycles. The molecule has 3 aromatic rings. The minimum atomic E-state index is -0.221. The molecule has 1 aromatic heterocycles. The van der Waals surface area contributed by atoms with Gasteiger partial charge in [0.05, 0.1) is 14.2 Å². The van der Waals surface area contributed by atoms with Crippen LogP contribution in [-0.2, 0) is 13.0 Å². The normalized spacial score (nSPS) is 11.0. The number of ether oxygens (including phenoxy) is 2. The summed E-state index contributed by atoms with van der Waals surface area (Å²) in [4.78, 5) is 3.12. The van der Waals surface area contributed by atoms with Crippen molar-refractivity contribution in [3.05, 3.63) is 59.5 Å². The molecule has 0 saturated carbocycles.